The van der Waals surface area contributed by atoms with Crippen molar-refractivity contribution in [3.8, 4) is 11.8 Å². The van der Waals surface area contributed by atoms with Crippen LogP contribution in [0, 0.1) is 11.8 Å². The molecule has 0 spiro atoms. The highest BCUT2D eigenvalue weighted by Gasteiger charge is 1.98. The lowest BCUT2D eigenvalue weighted by molar-refractivity contribution is -0.121. The van der Waals surface area contributed by atoms with Crippen LogP contribution in [0.25, 0.3) is 0 Å². The number of carbonyl (C=O) groups is 1. The minimum atomic E-state index is 0.0118. The van der Waals surface area contributed by atoms with Gasteiger partial charge in [0, 0.05) is 0 Å². The predicted octanol–water partition coefficient (Wildman–Crippen LogP) is 0.714. The molecule has 0 aliphatic rings. The normalized spacial score (nSPS) is 7.85. The lowest BCUT2D eigenvalue weighted by Crippen LogP contribution is -2.33. The summed E-state index contributed by atoms with van der Waals surface area (Å²) in [4.78, 5) is 12.7. The first-order valence-electron chi connectivity index (χ1n) is 4.48. The molecule has 1 amide bonds. The summed E-state index contributed by atoms with van der Waals surface area (Å²) in [7, 11) is 3.70. The Balaban J connectivity index is 0. The first kappa shape index (κ1) is 14.5. The SMILES string of the molecule is CC.CC#CCNC(=O)CN(C)C. The molecule has 0 heterocycles. The third kappa shape index (κ3) is 13.9. The van der Waals surface area contributed by atoms with Crippen LogP contribution in [0.3, 0.4) is 0 Å². The van der Waals surface area contributed by atoms with Crippen LogP contribution in [0.1, 0.15) is 20.8 Å². The molecule has 1 N–H and O–H groups in total. The van der Waals surface area contributed by atoms with Gasteiger partial charge in [-0.15, -0.1) is 5.92 Å². The van der Waals surface area contributed by atoms with Crippen molar-refractivity contribution >= 4 is 5.91 Å². The second-order valence-electron chi connectivity index (χ2n) is 2.44. The smallest absolute Gasteiger partial charge is 0.234 e. The fourth-order valence-electron chi connectivity index (χ4n) is 0.574. The zero-order chi connectivity index (χ0) is 10.7. The molecule has 0 rings (SSSR count). The Morgan fingerprint density at radius 1 is 1.38 bits per heavy atom. The van der Waals surface area contributed by atoms with Gasteiger partial charge in [-0.25, -0.2) is 0 Å². The number of nitrogens with zero attached hydrogens (tertiary/aromatic N) is 1. The van der Waals surface area contributed by atoms with E-state index in [0.717, 1.165) is 0 Å². The van der Waals surface area contributed by atoms with Crippen molar-refractivity contribution in [2.75, 3.05) is 27.2 Å². The minimum Gasteiger partial charge on any atom is -0.344 e. The second kappa shape index (κ2) is 11.0. The van der Waals surface area contributed by atoms with Crippen LogP contribution in [0.15, 0.2) is 0 Å². The zero-order valence-corrected chi connectivity index (χ0v) is 9.27. The minimum absolute atomic E-state index is 0.0118. The largest absolute Gasteiger partial charge is 0.344 e. The lowest BCUT2D eigenvalue weighted by Gasteiger charge is -2.07. The Morgan fingerprint density at radius 2 is 1.92 bits per heavy atom. The van der Waals surface area contributed by atoms with E-state index in [4.69, 9.17) is 0 Å². The van der Waals surface area contributed by atoms with Gasteiger partial charge in [0.1, 0.15) is 0 Å². The second-order valence-corrected chi connectivity index (χ2v) is 2.44. The number of hydrogen-bond donors (Lipinski definition) is 1. The van der Waals surface area contributed by atoms with Gasteiger partial charge in [-0.05, 0) is 21.0 Å². The van der Waals surface area contributed by atoms with E-state index in [1.54, 1.807) is 6.92 Å². The van der Waals surface area contributed by atoms with E-state index in [1.807, 2.05) is 32.8 Å². The van der Waals surface area contributed by atoms with Crippen molar-refractivity contribution in [1.29, 1.82) is 0 Å². The number of amides is 1. The molecule has 3 nitrogen and oxygen atoms in total. The maximum absolute atomic E-state index is 10.9. The van der Waals surface area contributed by atoms with Crippen LogP contribution in [0.5, 0.6) is 0 Å². The van der Waals surface area contributed by atoms with Crippen LogP contribution < -0.4 is 5.32 Å². The summed E-state index contributed by atoms with van der Waals surface area (Å²) < 4.78 is 0. The maximum Gasteiger partial charge on any atom is 0.234 e. The van der Waals surface area contributed by atoms with E-state index in [9.17, 15) is 4.79 Å². The van der Waals surface area contributed by atoms with Crippen molar-refractivity contribution in [3.05, 3.63) is 0 Å². The molecule has 3 heteroatoms. The first-order chi connectivity index (χ1) is 6.16. The fourth-order valence-corrected chi connectivity index (χ4v) is 0.574. The molecule has 0 aliphatic carbocycles. The number of rotatable bonds is 3. The molecular weight excluding hydrogens is 164 g/mol. The van der Waals surface area contributed by atoms with Gasteiger partial charge in [-0.3, -0.25) is 4.79 Å². The monoisotopic (exact) mass is 184 g/mol. The summed E-state index contributed by atoms with van der Waals surface area (Å²) in [6, 6.07) is 0. The van der Waals surface area contributed by atoms with Gasteiger partial charge in [0.2, 0.25) is 5.91 Å². The van der Waals surface area contributed by atoms with Gasteiger partial charge in [-0.2, -0.15) is 0 Å². The molecule has 0 saturated carbocycles. The third-order valence-electron chi connectivity index (χ3n) is 1.01. The average Bonchev–Trinajstić information content (AvgIpc) is 2.07. The summed E-state index contributed by atoms with van der Waals surface area (Å²) in [5.41, 5.74) is 0. The Kier molecular flexibility index (Phi) is 12.3. The van der Waals surface area contributed by atoms with Crippen LogP contribution in [0.4, 0.5) is 0 Å². The number of carbonyl (C=O) groups excluding carboxylic acids is 1. The van der Waals surface area contributed by atoms with Crippen LogP contribution in [-0.4, -0.2) is 38.0 Å². The van der Waals surface area contributed by atoms with Crippen LogP contribution in [0.2, 0.25) is 0 Å². The summed E-state index contributed by atoms with van der Waals surface area (Å²) in [5.74, 6) is 5.46. The number of hydrogen-bond acceptors (Lipinski definition) is 2. The number of nitrogens with one attached hydrogen (secondary N) is 1. The molecular formula is C10H20N2O. The van der Waals surface area contributed by atoms with Gasteiger partial charge in [0.15, 0.2) is 0 Å². The molecule has 0 fully saturated rings. The van der Waals surface area contributed by atoms with Crippen molar-refractivity contribution in [3.63, 3.8) is 0 Å². The highest BCUT2D eigenvalue weighted by Crippen LogP contribution is 1.72. The Hall–Kier alpha value is -1.01. The molecule has 0 bridgehead atoms. The predicted molar refractivity (Wildman–Crippen MR) is 56.4 cm³/mol. The molecule has 0 aromatic rings. The lowest BCUT2D eigenvalue weighted by atomic mass is 10.5. The van der Waals surface area contributed by atoms with Crippen molar-refractivity contribution in [1.82, 2.24) is 10.2 Å². The van der Waals surface area contributed by atoms with Gasteiger partial charge in [-0.1, -0.05) is 19.8 Å². The van der Waals surface area contributed by atoms with E-state index < -0.39 is 0 Å². The molecule has 0 aromatic heterocycles. The van der Waals surface area contributed by atoms with E-state index in [0.29, 0.717) is 13.1 Å². The third-order valence-corrected chi connectivity index (χ3v) is 1.01. The van der Waals surface area contributed by atoms with Gasteiger partial charge >= 0.3 is 0 Å². The molecule has 0 aliphatic heterocycles. The molecule has 0 aromatic carbocycles. The summed E-state index contributed by atoms with van der Waals surface area (Å²) in [6.45, 7) is 6.62. The van der Waals surface area contributed by atoms with Crippen molar-refractivity contribution < 1.29 is 4.79 Å². The quantitative estimate of drug-likeness (QED) is 0.655. The molecule has 0 radical (unpaired) electrons. The Morgan fingerprint density at radius 3 is 2.31 bits per heavy atom. The van der Waals surface area contributed by atoms with E-state index in [1.165, 1.54) is 0 Å². The molecule has 0 saturated heterocycles. The molecule has 0 unspecified atom stereocenters. The highest BCUT2D eigenvalue weighted by molar-refractivity contribution is 5.78. The summed E-state index contributed by atoms with van der Waals surface area (Å²) in [5, 5.41) is 2.66. The van der Waals surface area contributed by atoms with E-state index in [-0.39, 0.29) is 5.91 Å². The van der Waals surface area contributed by atoms with E-state index in [2.05, 4.69) is 17.2 Å². The number of likely N-dealkylation sites (N-methyl/N-ethyl adjacent to an activating group) is 1. The molecule has 76 valence electrons. The van der Waals surface area contributed by atoms with Gasteiger partial charge in [0.05, 0.1) is 13.1 Å². The average molecular weight is 184 g/mol. The molecule has 13 heavy (non-hydrogen) atoms. The summed E-state index contributed by atoms with van der Waals surface area (Å²) in [6.07, 6.45) is 0. The topological polar surface area (TPSA) is 32.3 Å². The maximum atomic E-state index is 10.9. The Bertz CT molecular complexity index is 177. The van der Waals surface area contributed by atoms with Crippen LogP contribution in [-0.2, 0) is 4.79 Å². The van der Waals surface area contributed by atoms with E-state index >= 15 is 0 Å². The van der Waals surface area contributed by atoms with Crippen molar-refractivity contribution in [2.45, 2.75) is 20.8 Å². The van der Waals surface area contributed by atoms with Crippen LogP contribution >= 0.6 is 0 Å². The highest BCUT2D eigenvalue weighted by atomic mass is 16.1. The van der Waals surface area contributed by atoms with Gasteiger partial charge in [0.25, 0.3) is 0 Å². The van der Waals surface area contributed by atoms with Crippen molar-refractivity contribution in [2.24, 2.45) is 0 Å². The zero-order valence-electron chi connectivity index (χ0n) is 9.27. The fraction of sp³-hybridized carbons (Fsp3) is 0.700. The summed E-state index contributed by atoms with van der Waals surface area (Å²) >= 11 is 0. The Labute approximate surface area is 81.5 Å². The van der Waals surface area contributed by atoms with Gasteiger partial charge < -0.3 is 10.2 Å². The first-order valence-corrected chi connectivity index (χ1v) is 4.48. The molecule has 0 atom stereocenters. The standard InChI is InChI=1S/C8H14N2O.C2H6/c1-4-5-6-9-8(11)7-10(2)3;1-2/h6-7H2,1-3H3,(H,9,11);1-2H3.